The lowest BCUT2D eigenvalue weighted by Gasteiger charge is -2.23. The van der Waals surface area contributed by atoms with Crippen LogP contribution in [0.5, 0.6) is 17.2 Å². The third kappa shape index (κ3) is 6.39. The van der Waals surface area contributed by atoms with E-state index < -0.39 is 6.10 Å². The Labute approximate surface area is 199 Å². The van der Waals surface area contributed by atoms with Crippen LogP contribution in [0.3, 0.4) is 0 Å². The van der Waals surface area contributed by atoms with Crippen LogP contribution in [0, 0.1) is 0 Å². The summed E-state index contributed by atoms with van der Waals surface area (Å²) in [5.41, 5.74) is 1.89. The van der Waals surface area contributed by atoms with Crippen molar-refractivity contribution in [1.82, 2.24) is 15.5 Å². The van der Waals surface area contributed by atoms with Gasteiger partial charge in [0.25, 0.3) is 0 Å². The Balaban J connectivity index is 1.20. The third-order valence-corrected chi connectivity index (χ3v) is 5.38. The van der Waals surface area contributed by atoms with Crippen LogP contribution in [-0.2, 0) is 11.3 Å². The van der Waals surface area contributed by atoms with Gasteiger partial charge in [-0.15, -0.1) is 0 Å². The van der Waals surface area contributed by atoms with Gasteiger partial charge >= 0.3 is 0 Å². The molecule has 0 aromatic heterocycles. The second-order valence-electron chi connectivity index (χ2n) is 8.66. The first-order valence-corrected chi connectivity index (χ1v) is 11.6. The second-order valence-corrected chi connectivity index (χ2v) is 8.66. The molecular weight excluding hydrogens is 436 g/mol. The molecule has 4 rings (SSSR count). The van der Waals surface area contributed by atoms with E-state index in [4.69, 9.17) is 14.2 Å². The number of fused-ring (bicyclic) bond motifs is 2. The summed E-state index contributed by atoms with van der Waals surface area (Å²) in [4.78, 5) is 18.0. The standard InChI is InChI=1S/C25H32N4O5/c1-17(2)26-13-19(30)16-34-23-7-4-3-6-22(23)33-11-5-10-32-20-8-9-21-18(12-20)14-29-15-24(31)28-25(29)27-21/h3-4,6-9,12,17,19,26,30H,5,10-11,13-16H2,1-2H3,(H,27,28,31). The molecule has 1 saturated heterocycles. The average molecular weight is 469 g/mol. The molecule has 9 heteroatoms. The van der Waals surface area contributed by atoms with E-state index in [1.165, 1.54) is 0 Å². The van der Waals surface area contributed by atoms with Crippen molar-refractivity contribution < 1.29 is 24.1 Å². The van der Waals surface area contributed by atoms with E-state index in [-0.39, 0.29) is 12.5 Å². The predicted molar refractivity (Wildman–Crippen MR) is 129 cm³/mol. The highest BCUT2D eigenvalue weighted by Crippen LogP contribution is 2.30. The maximum absolute atomic E-state index is 11.6. The van der Waals surface area contributed by atoms with Gasteiger partial charge in [-0.2, -0.15) is 0 Å². The minimum Gasteiger partial charge on any atom is -0.493 e. The Hall–Kier alpha value is -3.30. The van der Waals surface area contributed by atoms with E-state index in [1.807, 2.05) is 61.2 Å². The lowest BCUT2D eigenvalue weighted by molar-refractivity contribution is -0.118. The van der Waals surface area contributed by atoms with Crippen LogP contribution in [0.1, 0.15) is 25.8 Å². The van der Waals surface area contributed by atoms with Crippen LogP contribution in [0.25, 0.3) is 0 Å². The molecule has 0 saturated carbocycles. The minimum atomic E-state index is -0.597. The van der Waals surface area contributed by atoms with Gasteiger partial charge in [-0.05, 0) is 30.3 Å². The molecule has 1 fully saturated rings. The molecule has 2 aliphatic heterocycles. The SMILES string of the molecule is CC(C)NCC(O)COc1ccccc1OCCCOc1ccc2c(c1)CN1CC(=O)NC1=N2. The highest BCUT2D eigenvalue weighted by molar-refractivity contribution is 6.05. The molecule has 2 heterocycles. The molecule has 2 aromatic rings. The van der Waals surface area contributed by atoms with Gasteiger partial charge in [0.15, 0.2) is 11.5 Å². The predicted octanol–water partition coefficient (Wildman–Crippen LogP) is 2.21. The van der Waals surface area contributed by atoms with E-state index in [2.05, 4.69) is 15.6 Å². The molecule has 0 aliphatic carbocycles. The van der Waals surface area contributed by atoms with E-state index in [0.717, 1.165) is 17.0 Å². The van der Waals surface area contributed by atoms with Gasteiger partial charge in [0.2, 0.25) is 11.9 Å². The zero-order valence-electron chi connectivity index (χ0n) is 19.6. The first-order chi connectivity index (χ1) is 16.5. The summed E-state index contributed by atoms with van der Waals surface area (Å²) >= 11 is 0. The van der Waals surface area contributed by atoms with Crippen molar-refractivity contribution in [3.8, 4) is 17.2 Å². The summed E-state index contributed by atoms with van der Waals surface area (Å²) in [5, 5.41) is 16.0. The molecule has 0 radical (unpaired) electrons. The van der Waals surface area contributed by atoms with Gasteiger partial charge < -0.3 is 29.5 Å². The van der Waals surface area contributed by atoms with Gasteiger partial charge in [0.05, 0.1) is 18.9 Å². The fraction of sp³-hybridized carbons (Fsp3) is 0.440. The number of nitrogens with zero attached hydrogens (tertiary/aromatic N) is 2. The number of aliphatic hydroxyl groups excluding tert-OH is 1. The van der Waals surface area contributed by atoms with Crippen molar-refractivity contribution in [3.63, 3.8) is 0 Å². The van der Waals surface area contributed by atoms with Gasteiger partial charge in [0, 0.05) is 31.1 Å². The summed E-state index contributed by atoms with van der Waals surface area (Å²) in [6.07, 6.45) is 0.0964. The zero-order chi connectivity index (χ0) is 23.9. The minimum absolute atomic E-state index is 0.0330. The molecule has 34 heavy (non-hydrogen) atoms. The molecule has 2 aromatic carbocycles. The number of nitrogens with one attached hydrogen (secondary N) is 2. The summed E-state index contributed by atoms with van der Waals surface area (Å²) < 4.78 is 17.5. The van der Waals surface area contributed by atoms with E-state index in [0.29, 0.717) is 62.8 Å². The van der Waals surface area contributed by atoms with Crippen LogP contribution in [0.4, 0.5) is 5.69 Å². The van der Waals surface area contributed by atoms with Crippen LogP contribution in [0.2, 0.25) is 0 Å². The molecule has 1 amide bonds. The van der Waals surface area contributed by atoms with Crippen molar-refractivity contribution in [2.75, 3.05) is 32.9 Å². The normalized spacial score (nSPS) is 15.4. The number of hydrogen-bond acceptors (Lipinski definition) is 8. The summed E-state index contributed by atoms with van der Waals surface area (Å²) in [7, 11) is 0. The Bertz CT molecular complexity index is 1030. The van der Waals surface area contributed by atoms with Crippen LogP contribution in [0.15, 0.2) is 47.5 Å². The van der Waals surface area contributed by atoms with Crippen molar-refractivity contribution in [3.05, 3.63) is 48.0 Å². The average Bonchev–Trinajstić information content (AvgIpc) is 3.18. The van der Waals surface area contributed by atoms with Crippen molar-refractivity contribution in [2.24, 2.45) is 4.99 Å². The van der Waals surface area contributed by atoms with Gasteiger partial charge in [-0.3, -0.25) is 10.1 Å². The quantitative estimate of drug-likeness (QED) is 0.410. The zero-order valence-corrected chi connectivity index (χ0v) is 19.6. The number of para-hydroxylation sites is 2. The van der Waals surface area contributed by atoms with Crippen LogP contribution in [-0.4, -0.2) is 66.9 Å². The maximum atomic E-state index is 11.6. The monoisotopic (exact) mass is 468 g/mol. The first kappa shape index (κ1) is 23.8. The number of aliphatic imine (C=N–C) groups is 1. The highest BCUT2D eigenvalue weighted by Gasteiger charge is 2.29. The Morgan fingerprint density at radius 3 is 2.65 bits per heavy atom. The molecule has 0 spiro atoms. The number of benzene rings is 2. The molecule has 1 atom stereocenters. The summed E-state index contributed by atoms with van der Waals surface area (Å²) in [5.74, 6) is 2.60. The number of carbonyl (C=O) groups is 1. The molecular formula is C25H32N4O5. The van der Waals surface area contributed by atoms with Crippen molar-refractivity contribution in [2.45, 2.75) is 39.0 Å². The summed E-state index contributed by atoms with van der Waals surface area (Å²) in [6, 6.07) is 13.5. The number of guanidine groups is 1. The molecule has 9 nitrogen and oxygen atoms in total. The second kappa shape index (κ2) is 11.2. The fourth-order valence-electron chi connectivity index (χ4n) is 3.66. The number of aliphatic hydroxyl groups is 1. The molecule has 1 unspecified atom stereocenters. The largest absolute Gasteiger partial charge is 0.493 e. The molecule has 2 aliphatic rings. The Kier molecular flexibility index (Phi) is 7.87. The molecule has 0 bridgehead atoms. The van der Waals surface area contributed by atoms with Gasteiger partial charge in [0.1, 0.15) is 25.0 Å². The van der Waals surface area contributed by atoms with Gasteiger partial charge in [-0.1, -0.05) is 26.0 Å². The number of hydrogen-bond donors (Lipinski definition) is 3. The number of rotatable bonds is 12. The first-order valence-electron chi connectivity index (χ1n) is 11.6. The lowest BCUT2D eigenvalue weighted by atomic mass is 10.1. The summed E-state index contributed by atoms with van der Waals surface area (Å²) in [6.45, 7) is 6.66. The Morgan fingerprint density at radius 1 is 1.09 bits per heavy atom. The van der Waals surface area contributed by atoms with E-state index in [1.54, 1.807) is 0 Å². The number of ether oxygens (including phenoxy) is 3. The molecule has 3 N–H and O–H groups in total. The van der Waals surface area contributed by atoms with Crippen molar-refractivity contribution >= 4 is 17.6 Å². The maximum Gasteiger partial charge on any atom is 0.246 e. The number of carbonyl (C=O) groups excluding carboxylic acids is 1. The van der Waals surface area contributed by atoms with E-state index in [9.17, 15) is 9.90 Å². The topological polar surface area (TPSA) is 105 Å². The van der Waals surface area contributed by atoms with Crippen LogP contribution >= 0.6 is 0 Å². The smallest absolute Gasteiger partial charge is 0.246 e. The Morgan fingerprint density at radius 2 is 1.85 bits per heavy atom. The fourth-order valence-corrected chi connectivity index (χ4v) is 3.66. The highest BCUT2D eigenvalue weighted by atomic mass is 16.5. The van der Waals surface area contributed by atoms with E-state index >= 15 is 0 Å². The third-order valence-electron chi connectivity index (χ3n) is 5.38. The lowest BCUT2D eigenvalue weighted by Crippen LogP contribution is -2.35. The number of amides is 1. The van der Waals surface area contributed by atoms with Crippen LogP contribution < -0.4 is 24.8 Å². The van der Waals surface area contributed by atoms with Crippen molar-refractivity contribution in [1.29, 1.82) is 0 Å². The molecule has 182 valence electrons. The van der Waals surface area contributed by atoms with Gasteiger partial charge in [-0.25, -0.2) is 4.99 Å².